The maximum absolute atomic E-state index is 11.9. The molecule has 6 nitrogen and oxygen atoms in total. The van der Waals surface area contributed by atoms with Gasteiger partial charge in [0, 0.05) is 19.6 Å². The molecular formula is C16H22N2O4. The van der Waals surface area contributed by atoms with E-state index in [2.05, 4.69) is 10.6 Å². The summed E-state index contributed by atoms with van der Waals surface area (Å²) in [6.45, 7) is 1.19. The van der Waals surface area contributed by atoms with Crippen molar-refractivity contribution in [1.82, 2.24) is 10.6 Å². The normalized spacial score (nSPS) is 18.5. The van der Waals surface area contributed by atoms with Crippen molar-refractivity contribution in [3.8, 4) is 0 Å². The zero-order valence-corrected chi connectivity index (χ0v) is 12.7. The molecule has 1 saturated heterocycles. The first-order valence-corrected chi connectivity index (χ1v) is 7.46. The maximum atomic E-state index is 11.9. The van der Waals surface area contributed by atoms with Gasteiger partial charge >= 0.3 is 12.0 Å². The van der Waals surface area contributed by atoms with Gasteiger partial charge < -0.3 is 20.1 Å². The van der Waals surface area contributed by atoms with E-state index in [1.807, 2.05) is 30.3 Å². The summed E-state index contributed by atoms with van der Waals surface area (Å²) in [7, 11) is 1.31. The molecule has 2 amide bonds. The minimum absolute atomic E-state index is 0.0662. The van der Waals surface area contributed by atoms with Crippen LogP contribution in [0.4, 0.5) is 4.79 Å². The summed E-state index contributed by atoms with van der Waals surface area (Å²) in [5.74, 6) is -0.462. The topological polar surface area (TPSA) is 76.7 Å². The predicted molar refractivity (Wildman–Crippen MR) is 81.5 cm³/mol. The molecule has 1 heterocycles. The lowest BCUT2D eigenvalue weighted by atomic mass is 10.1. The Hall–Kier alpha value is -2.08. The molecular weight excluding hydrogens is 284 g/mol. The molecule has 0 spiro atoms. The van der Waals surface area contributed by atoms with Crippen LogP contribution in [0.5, 0.6) is 0 Å². The highest BCUT2D eigenvalue weighted by atomic mass is 16.5. The molecule has 0 radical (unpaired) electrons. The minimum atomic E-state index is -0.711. The van der Waals surface area contributed by atoms with E-state index in [-0.39, 0.29) is 12.1 Å². The molecule has 0 saturated carbocycles. The number of urea groups is 1. The lowest BCUT2D eigenvalue weighted by Gasteiger charge is -2.18. The minimum Gasteiger partial charge on any atom is -0.467 e. The van der Waals surface area contributed by atoms with Crippen LogP contribution >= 0.6 is 0 Å². The molecule has 2 N–H and O–H groups in total. The molecule has 0 bridgehead atoms. The highest BCUT2D eigenvalue weighted by Crippen LogP contribution is 2.10. The molecule has 120 valence electrons. The Balaban J connectivity index is 1.85. The Morgan fingerprint density at radius 3 is 2.77 bits per heavy atom. The number of nitrogens with one attached hydrogen (secondary N) is 2. The van der Waals surface area contributed by atoms with E-state index in [0.29, 0.717) is 13.0 Å². The van der Waals surface area contributed by atoms with Crippen molar-refractivity contribution in [2.75, 3.05) is 20.3 Å². The van der Waals surface area contributed by atoms with Crippen LogP contribution in [0.3, 0.4) is 0 Å². The van der Waals surface area contributed by atoms with Gasteiger partial charge in [0.25, 0.3) is 0 Å². The zero-order chi connectivity index (χ0) is 15.8. The van der Waals surface area contributed by atoms with E-state index in [1.54, 1.807) is 0 Å². The van der Waals surface area contributed by atoms with E-state index < -0.39 is 12.0 Å². The number of amides is 2. The van der Waals surface area contributed by atoms with E-state index in [4.69, 9.17) is 9.47 Å². The van der Waals surface area contributed by atoms with Gasteiger partial charge in [-0.3, -0.25) is 0 Å². The van der Waals surface area contributed by atoms with Gasteiger partial charge in [0.1, 0.15) is 6.04 Å². The number of methoxy groups -OCH3 is 1. The van der Waals surface area contributed by atoms with Crippen molar-refractivity contribution < 1.29 is 19.1 Å². The number of carbonyl (C=O) groups is 2. The van der Waals surface area contributed by atoms with Crippen LogP contribution < -0.4 is 10.6 Å². The van der Waals surface area contributed by atoms with Crippen LogP contribution in [-0.4, -0.2) is 44.4 Å². The SMILES string of the molecule is COC(=O)[C@H](Cc1ccccc1)NC(=O)NC[C@H]1CCCO1. The van der Waals surface area contributed by atoms with Crippen LogP contribution in [0.2, 0.25) is 0 Å². The highest BCUT2D eigenvalue weighted by Gasteiger charge is 2.23. The van der Waals surface area contributed by atoms with Crippen molar-refractivity contribution in [3.63, 3.8) is 0 Å². The Kier molecular flexibility index (Phi) is 6.21. The largest absolute Gasteiger partial charge is 0.467 e. The fourth-order valence-corrected chi connectivity index (χ4v) is 2.41. The average Bonchev–Trinajstić information content (AvgIpc) is 3.06. The number of esters is 1. The molecule has 0 aromatic heterocycles. The molecule has 2 rings (SSSR count). The summed E-state index contributed by atoms with van der Waals surface area (Å²) < 4.78 is 10.2. The lowest BCUT2D eigenvalue weighted by Crippen LogP contribution is -2.48. The number of rotatable bonds is 6. The van der Waals surface area contributed by atoms with Gasteiger partial charge in [0.15, 0.2) is 0 Å². The van der Waals surface area contributed by atoms with E-state index >= 15 is 0 Å². The van der Waals surface area contributed by atoms with Gasteiger partial charge in [-0.05, 0) is 18.4 Å². The van der Waals surface area contributed by atoms with Crippen LogP contribution in [0.15, 0.2) is 30.3 Å². The summed E-state index contributed by atoms with van der Waals surface area (Å²) in [5, 5.41) is 5.40. The Morgan fingerprint density at radius 1 is 1.36 bits per heavy atom. The van der Waals surface area contributed by atoms with Crippen LogP contribution in [-0.2, 0) is 20.7 Å². The molecule has 1 aliphatic rings. The first-order chi connectivity index (χ1) is 10.7. The third kappa shape index (κ3) is 5.04. The van der Waals surface area contributed by atoms with Gasteiger partial charge in [-0.2, -0.15) is 0 Å². The number of hydrogen-bond donors (Lipinski definition) is 2. The summed E-state index contributed by atoms with van der Waals surface area (Å²) >= 11 is 0. The molecule has 0 unspecified atom stereocenters. The quantitative estimate of drug-likeness (QED) is 0.776. The van der Waals surface area contributed by atoms with E-state index in [0.717, 1.165) is 25.0 Å². The second-order valence-electron chi connectivity index (χ2n) is 5.25. The van der Waals surface area contributed by atoms with Crippen molar-refractivity contribution in [1.29, 1.82) is 0 Å². The number of hydrogen-bond acceptors (Lipinski definition) is 4. The lowest BCUT2D eigenvalue weighted by molar-refractivity contribution is -0.142. The van der Waals surface area contributed by atoms with Crippen molar-refractivity contribution >= 4 is 12.0 Å². The van der Waals surface area contributed by atoms with Gasteiger partial charge in [-0.25, -0.2) is 9.59 Å². The molecule has 2 atom stereocenters. The molecule has 1 aromatic rings. The highest BCUT2D eigenvalue weighted by molar-refractivity contribution is 5.83. The first kappa shape index (κ1) is 16.3. The molecule has 1 fully saturated rings. The van der Waals surface area contributed by atoms with Crippen molar-refractivity contribution in [2.24, 2.45) is 0 Å². The van der Waals surface area contributed by atoms with Crippen LogP contribution in [0, 0.1) is 0 Å². The van der Waals surface area contributed by atoms with E-state index in [9.17, 15) is 9.59 Å². The van der Waals surface area contributed by atoms with Crippen molar-refractivity contribution in [2.45, 2.75) is 31.4 Å². The molecule has 1 aromatic carbocycles. The zero-order valence-electron chi connectivity index (χ0n) is 12.7. The first-order valence-electron chi connectivity index (χ1n) is 7.46. The molecule has 6 heteroatoms. The summed E-state index contributed by atoms with van der Waals surface area (Å²) in [6.07, 6.45) is 2.43. The van der Waals surface area contributed by atoms with Gasteiger partial charge in [0.2, 0.25) is 0 Å². The Morgan fingerprint density at radius 2 is 2.14 bits per heavy atom. The Labute approximate surface area is 130 Å². The number of carbonyl (C=O) groups excluding carboxylic acids is 2. The van der Waals surface area contributed by atoms with Crippen LogP contribution in [0.1, 0.15) is 18.4 Å². The second-order valence-corrected chi connectivity index (χ2v) is 5.25. The molecule has 0 aliphatic carbocycles. The molecule has 1 aliphatic heterocycles. The average molecular weight is 306 g/mol. The summed E-state index contributed by atoms with van der Waals surface area (Å²) in [4.78, 5) is 23.8. The smallest absolute Gasteiger partial charge is 0.328 e. The standard InChI is InChI=1S/C16H22N2O4/c1-21-15(19)14(10-12-6-3-2-4-7-12)18-16(20)17-11-13-8-5-9-22-13/h2-4,6-7,13-14H,5,8-11H2,1H3,(H2,17,18,20)/t13-,14+/m1/s1. The fourth-order valence-electron chi connectivity index (χ4n) is 2.41. The van der Waals surface area contributed by atoms with Crippen LogP contribution in [0.25, 0.3) is 0 Å². The number of ether oxygens (including phenoxy) is 2. The predicted octanol–water partition coefficient (Wildman–Crippen LogP) is 1.25. The summed E-state index contributed by atoms with van der Waals surface area (Å²) in [5.41, 5.74) is 0.956. The van der Waals surface area contributed by atoms with Gasteiger partial charge in [0.05, 0.1) is 13.2 Å². The molecule has 22 heavy (non-hydrogen) atoms. The number of benzene rings is 1. The van der Waals surface area contributed by atoms with Gasteiger partial charge in [-0.1, -0.05) is 30.3 Å². The summed E-state index contributed by atoms with van der Waals surface area (Å²) in [6, 6.07) is 8.39. The third-order valence-corrected chi connectivity index (χ3v) is 3.59. The second kappa shape index (κ2) is 8.38. The van der Waals surface area contributed by atoms with Crippen molar-refractivity contribution in [3.05, 3.63) is 35.9 Å². The monoisotopic (exact) mass is 306 g/mol. The maximum Gasteiger partial charge on any atom is 0.328 e. The fraction of sp³-hybridized carbons (Fsp3) is 0.500. The Bertz CT molecular complexity index is 486. The van der Waals surface area contributed by atoms with E-state index in [1.165, 1.54) is 7.11 Å². The third-order valence-electron chi connectivity index (χ3n) is 3.59. The van der Waals surface area contributed by atoms with Gasteiger partial charge in [-0.15, -0.1) is 0 Å².